The van der Waals surface area contributed by atoms with Gasteiger partial charge in [0.1, 0.15) is 5.69 Å². The molecule has 0 saturated heterocycles. The van der Waals surface area contributed by atoms with Gasteiger partial charge in [0.15, 0.2) is 5.84 Å². The predicted molar refractivity (Wildman–Crippen MR) is 63.6 cm³/mol. The summed E-state index contributed by atoms with van der Waals surface area (Å²) < 4.78 is 0. The van der Waals surface area contributed by atoms with Gasteiger partial charge in [-0.15, -0.1) is 24.8 Å². The maximum absolute atomic E-state index is 7.43. The van der Waals surface area contributed by atoms with Crippen LogP contribution in [-0.4, -0.2) is 17.9 Å². The van der Waals surface area contributed by atoms with E-state index in [1.807, 2.05) is 6.07 Å². The monoisotopic (exact) mass is 252 g/mol. The molecule has 86 valence electrons. The summed E-state index contributed by atoms with van der Waals surface area (Å²) in [6.07, 6.45) is 1.64. The second kappa shape index (κ2) is 8.43. The molecule has 0 bridgehead atoms. The van der Waals surface area contributed by atoms with Gasteiger partial charge in [0.25, 0.3) is 0 Å². The molecule has 1 aromatic rings. The van der Waals surface area contributed by atoms with Gasteiger partial charge in [-0.2, -0.15) is 0 Å². The summed E-state index contributed by atoms with van der Waals surface area (Å²) in [6.45, 7) is 0.457. The number of rotatable bonds is 3. The van der Waals surface area contributed by atoms with Crippen LogP contribution in [0, 0.1) is 5.41 Å². The molecular weight excluding hydrogens is 239 g/mol. The van der Waals surface area contributed by atoms with E-state index in [1.165, 1.54) is 7.11 Å². The number of nitrogens with one attached hydrogen (secondary N) is 2. The van der Waals surface area contributed by atoms with Crippen LogP contribution in [0.25, 0.3) is 0 Å². The van der Waals surface area contributed by atoms with Crippen LogP contribution in [0.1, 0.15) is 11.3 Å². The Hall–Kier alpha value is -0.880. The number of pyridine rings is 1. The Morgan fingerprint density at radius 3 is 2.60 bits per heavy atom. The highest BCUT2D eigenvalue weighted by Gasteiger charge is 2.00. The average molecular weight is 253 g/mol. The Balaban J connectivity index is 0. The van der Waals surface area contributed by atoms with Crippen molar-refractivity contribution in [3.63, 3.8) is 0 Å². The maximum atomic E-state index is 7.43. The number of hydrogen-bond acceptors (Lipinski definition) is 4. The molecule has 0 aliphatic carbocycles. The molecule has 0 saturated carbocycles. The summed E-state index contributed by atoms with van der Waals surface area (Å²) in [5, 5.41) is 7.43. The lowest BCUT2D eigenvalue weighted by Gasteiger charge is -2.04. The largest absolute Gasteiger partial charge is 0.326 e. The zero-order valence-corrected chi connectivity index (χ0v) is 9.82. The van der Waals surface area contributed by atoms with Crippen molar-refractivity contribution in [2.75, 3.05) is 7.11 Å². The quantitative estimate of drug-likeness (QED) is 0.424. The Morgan fingerprint density at radius 1 is 1.53 bits per heavy atom. The molecule has 0 aliphatic heterocycles. The summed E-state index contributed by atoms with van der Waals surface area (Å²) in [4.78, 5) is 8.60. The number of nitrogens with two attached hydrogens (primary N) is 1. The first-order chi connectivity index (χ1) is 6.27. The first kappa shape index (κ1) is 16.5. The normalized spacial score (nSPS) is 8.40. The topological polar surface area (TPSA) is 84.0 Å². The highest BCUT2D eigenvalue weighted by molar-refractivity contribution is 5.93. The smallest absolute Gasteiger partial charge is 0.168 e. The molecule has 15 heavy (non-hydrogen) atoms. The average Bonchev–Trinajstić information content (AvgIpc) is 2.18. The van der Waals surface area contributed by atoms with E-state index >= 15 is 0 Å². The van der Waals surface area contributed by atoms with E-state index < -0.39 is 0 Å². The fraction of sp³-hybridized carbons (Fsp3) is 0.250. The number of hydroxylamine groups is 1. The maximum Gasteiger partial charge on any atom is 0.168 e. The Kier molecular flexibility index (Phi) is 9.30. The first-order valence-electron chi connectivity index (χ1n) is 3.81. The van der Waals surface area contributed by atoms with Crippen molar-refractivity contribution in [2.24, 2.45) is 5.73 Å². The molecule has 0 radical (unpaired) electrons. The SMILES string of the molecule is CONC(=N)c1ccc(CN)cn1.Cl.Cl. The van der Waals surface area contributed by atoms with Crippen molar-refractivity contribution < 1.29 is 4.84 Å². The molecule has 0 unspecified atom stereocenters. The third kappa shape index (κ3) is 4.94. The molecule has 0 aliphatic rings. The van der Waals surface area contributed by atoms with Crippen molar-refractivity contribution >= 4 is 30.6 Å². The van der Waals surface area contributed by atoms with Crippen LogP contribution >= 0.6 is 24.8 Å². The second-order valence-corrected chi connectivity index (χ2v) is 2.44. The molecule has 0 aromatic carbocycles. The van der Waals surface area contributed by atoms with Gasteiger partial charge in [-0.25, -0.2) is 5.48 Å². The van der Waals surface area contributed by atoms with Gasteiger partial charge in [0.2, 0.25) is 0 Å². The summed E-state index contributed by atoms with van der Waals surface area (Å²) >= 11 is 0. The van der Waals surface area contributed by atoms with Crippen molar-refractivity contribution in [2.45, 2.75) is 6.54 Å². The third-order valence-corrected chi connectivity index (χ3v) is 1.52. The van der Waals surface area contributed by atoms with Crippen LogP contribution in [0.4, 0.5) is 0 Å². The lowest BCUT2D eigenvalue weighted by Crippen LogP contribution is -2.22. The molecule has 4 N–H and O–H groups in total. The minimum absolute atomic E-state index is 0. The molecule has 0 fully saturated rings. The summed E-state index contributed by atoms with van der Waals surface area (Å²) in [7, 11) is 1.45. The molecule has 0 spiro atoms. The van der Waals surface area contributed by atoms with Crippen LogP contribution in [-0.2, 0) is 11.4 Å². The molecule has 1 heterocycles. The Bertz CT molecular complexity index is 291. The van der Waals surface area contributed by atoms with E-state index in [2.05, 4.69) is 15.3 Å². The number of hydrogen-bond donors (Lipinski definition) is 3. The number of nitrogens with zero attached hydrogens (tertiary/aromatic N) is 1. The van der Waals surface area contributed by atoms with Crippen molar-refractivity contribution in [3.8, 4) is 0 Å². The first-order valence-corrected chi connectivity index (χ1v) is 3.81. The fourth-order valence-corrected chi connectivity index (χ4v) is 0.847. The van der Waals surface area contributed by atoms with Gasteiger partial charge in [0.05, 0.1) is 7.11 Å². The van der Waals surface area contributed by atoms with Crippen LogP contribution in [0.2, 0.25) is 0 Å². The number of amidine groups is 1. The summed E-state index contributed by atoms with van der Waals surface area (Å²) in [6, 6.07) is 3.55. The third-order valence-electron chi connectivity index (χ3n) is 1.52. The zero-order valence-electron chi connectivity index (χ0n) is 8.19. The van der Waals surface area contributed by atoms with E-state index in [4.69, 9.17) is 11.1 Å². The fourth-order valence-electron chi connectivity index (χ4n) is 0.847. The highest BCUT2D eigenvalue weighted by atomic mass is 35.5. The van der Waals surface area contributed by atoms with Crippen LogP contribution in [0.15, 0.2) is 18.3 Å². The second-order valence-electron chi connectivity index (χ2n) is 2.44. The standard InChI is InChI=1S/C8H12N4O.2ClH/c1-13-12-8(10)7-3-2-6(4-9)5-11-7;;/h2-3,5H,4,9H2,1H3,(H2,10,12);2*1H. The van der Waals surface area contributed by atoms with E-state index in [1.54, 1.807) is 12.3 Å². The van der Waals surface area contributed by atoms with E-state index in [9.17, 15) is 0 Å². The Labute approximate surface area is 101 Å². The van der Waals surface area contributed by atoms with Gasteiger partial charge < -0.3 is 5.73 Å². The minimum atomic E-state index is 0. The van der Waals surface area contributed by atoms with Gasteiger partial charge in [0, 0.05) is 12.7 Å². The van der Waals surface area contributed by atoms with Crippen LogP contribution in [0.3, 0.4) is 0 Å². The van der Waals surface area contributed by atoms with Gasteiger partial charge >= 0.3 is 0 Å². The molecule has 1 rings (SSSR count). The van der Waals surface area contributed by atoms with Crippen molar-refractivity contribution in [1.29, 1.82) is 5.41 Å². The lowest BCUT2D eigenvalue weighted by molar-refractivity contribution is 0.144. The van der Waals surface area contributed by atoms with Gasteiger partial charge in [-0.05, 0) is 11.6 Å². The molecule has 7 heteroatoms. The van der Waals surface area contributed by atoms with E-state index in [-0.39, 0.29) is 30.6 Å². The van der Waals surface area contributed by atoms with E-state index in [0.29, 0.717) is 12.2 Å². The zero-order chi connectivity index (χ0) is 9.68. The van der Waals surface area contributed by atoms with Crippen molar-refractivity contribution in [3.05, 3.63) is 29.6 Å². The predicted octanol–water partition coefficient (Wildman–Crippen LogP) is 0.860. The molecule has 1 aromatic heterocycles. The van der Waals surface area contributed by atoms with Crippen LogP contribution in [0.5, 0.6) is 0 Å². The molecule has 0 atom stereocenters. The minimum Gasteiger partial charge on any atom is -0.326 e. The van der Waals surface area contributed by atoms with Gasteiger partial charge in [-0.3, -0.25) is 15.2 Å². The number of halogens is 2. The summed E-state index contributed by atoms with van der Waals surface area (Å²) in [5.74, 6) is 0.131. The molecule has 5 nitrogen and oxygen atoms in total. The van der Waals surface area contributed by atoms with Crippen molar-refractivity contribution in [1.82, 2.24) is 10.5 Å². The molecular formula is C8H14Cl2N4O. The Morgan fingerprint density at radius 2 is 2.20 bits per heavy atom. The molecule has 0 amide bonds. The highest BCUT2D eigenvalue weighted by Crippen LogP contribution is 1.98. The number of aromatic nitrogens is 1. The summed E-state index contributed by atoms with van der Waals surface area (Å²) in [5.41, 5.74) is 9.26. The van der Waals surface area contributed by atoms with Crippen LogP contribution < -0.4 is 11.2 Å². The van der Waals surface area contributed by atoms with Gasteiger partial charge in [-0.1, -0.05) is 6.07 Å². The van der Waals surface area contributed by atoms with E-state index in [0.717, 1.165) is 5.56 Å². The lowest BCUT2D eigenvalue weighted by atomic mass is 10.2.